The standard InChI is InChI=1S/C18H25NO5/c1-12-6-4-5-7-14(12)19-17(20)11-24-18(21)13-8-9-15(22-2)16(10-13)23-3/h8-10,12,14H,4-7,11H2,1-3H3,(H,19,20)/t12-,14-/m0/s1. The third-order valence-electron chi connectivity index (χ3n) is 4.41. The van der Waals surface area contributed by atoms with Crippen LogP contribution in [0.3, 0.4) is 0 Å². The molecule has 1 amide bonds. The zero-order chi connectivity index (χ0) is 17.5. The minimum atomic E-state index is -0.567. The minimum absolute atomic E-state index is 0.172. The number of hydrogen-bond acceptors (Lipinski definition) is 5. The first kappa shape index (κ1) is 18.1. The van der Waals surface area contributed by atoms with Gasteiger partial charge in [0.1, 0.15) is 0 Å². The first-order valence-corrected chi connectivity index (χ1v) is 8.23. The first-order chi connectivity index (χ1) is 11.5. The molecule has 0 unspecified atom stereocenters. The van der Waals surface area contributed by atoms with E-state index in [0.717, 1.165) is 19.3 Å². The number of esters is 1. The fourth-order valence-electron chi connectivity index (χ4n) is 2.96. The molecule has 1 aliphatic rings. The van der Waals surface area contributed by atoms with E-state index in [2.05, 4.69) is 12.2 Å². The maximum absolute atomic E-state index is 12.1. The zero-order valence-electron chi connectivity index (χ0n) is 14.5. The number of hydrogen-bond donors (Lipinski definition) is 1. The fraction of sp³-hybridized carbons (Fsp3) is 0.556. The molecule has 24 heavy (non-hydrogen) atoms. The highest BCUT2D eigenvalue weighted by atomic mass is 16.5. The molecule has 1 aromatic rings. The Balaban J connectivity index is 1.87. The van der Waals surface area contributed by atoms with Crippen LogP contribution in [-0.2, 0) is 9.53 Å². The topological polar surface area (TPSA) is 73.9 Å². The monoisotopic (exact) mass is 335 g/mol. The lowest BCUT2D eigenvalue weighted by molar-refractivity contribution is -0.125. The molecule has 0 aliphatic heterocycles. The summed E-state index contributed by atoms with van der Waals surface area (Å²) in [4.78, 5) is 24.1. The molecule has 6 nitrogen and oxygen atoms in total. The molecule has 1 saturated carbocycles. The van der Waals surface area contributed by atoms with Crippen LogP contribution in [0.5, 0.6) is 11.5 Å². The molecular formula is C18H25NO5. The second kappa shape index (κ2) is 8.57. The molecule has 0 heterocycles. The van der Waals surface area contributed by atoms with Crippen molar-refractivity contribution in [3.63, 3.8) is 0 Å². The second-order valence-electron chi connectivity index (χ2n) is 6.08. The van der Waals surface area contributed by atoms with Gasteiger partial charge in [0.2, 0.25) is 0 Å². The molecule has 132 valence electrons. The van der Waals surface area contributed by atoms with E-state index in [1.54, 1.807) is 12.1 Å². The van der Waals surface area contributed by atoms with E-state index in [0.29, 0.717) is 23.0 Å². The third-order valence-corrected chi connectivity index (χ3v) is 4.41. The summed E-state index contributed by atoms with van der Waals surface area (Å²) in [5, 5.41) is 2.96. The van der Waals surface area contributed by atoms with Crippen LogP contribution in [0.25, 0.3) is 0 Å². The van der Waals surface area contributed by atoms with Crippen LogP contribution in [-0.4, -0.2) is 38.7 Å². The van der Waals surface area contributed by atoms with Gasteiger partial charge in [-0.15, -0.1) is 0 Å². The predicted molar refractivity (Wildman–Crippen MR) is 89.4 cm³/mol. The van der Waals surface area contributed by atoms with Gasteiger partial charge in [-0.2, -0.15) is 0 Å². The molecule has 1 N–H and O–H groups in total. The molecule has 1 aliphatic carbocycles. The Labute approximate surface area is 142 Å². The summed E-state index contributed by atoms with van der Waals surface area (Å²) >= 11 is 0. The summed E-state index contributed by atoms with van der Waals surface area (Å²) in [7, 11) is 3.01. The van der Waals surface area contributed by atoms with Crippen molar-refractivity contribution < 1.29 is 23.8 Å². The number of methoxy groups -OCH3 is 2. The lowest BCUT2D eigenvalue weighted by Crippen LogP contribution is -2.42. The van der Waals surface area contributed by atoms with Gasteiger partial charge in [-0.1, -0.05) is 19.8 Å². The first-order valence-electron chi connectivity index (χ1n) is 8.23. The number of amides is 1. The van der Waals surface area contributed by atoms with Gasteiger partial charge in [0.15, 0.2) is 18.1 Å². The van der Waals surface area contributed by atoms with Gasteiger partial charge < -0.3 is 19.5 Å². The summed E-state index contributed by atoms with van der Waals surface area (Å²) < 4.78 is 15.4. The number of rotatable bonds is 6. The summed E-state index contributed by atoms with van der Waals surface area (Å²) in [5.74, 6) is 0.597. The predicted octanol–water partition coefficient (Wildman–Crippen LogP) is 2.56. The molecule has 2 atom stereocenters. The van der Waals surface area contributed by atoms with Gasteiger partial charge in [-0.3, -0.25) is 4.79 Å². The average molecular weight is 335 g/mol. The van der Waals surface area contributed by atoms with Gasteiger partial charge in [0, 0.05) is 6.04 Å². The molecule has 0 aromatic heterocycles. The highest BCUT2D eigenvalue weighted by molar-refractivity contribution is 5.92. The van der Waals surface area contributed by atoms with Crippen molar-refractivity contribution >= 4 is 11.9 Å². The van der Waals surface area contributed by atoms with Crippen LogP contribution in [0.2, 0.25) is 0 Å². The van der Waals surface area contributed by atoms with Gasteiger partial charge >= 0.3 is 5.97 Å². The zero-order valence-corrected chi connectivity index (χ0v) is 14.5. The Morgan fingerprint density at radius 1 is 1.12 bits per heavy atom. The van der Waals surface area contributed by atoms with Gasteiger partial charge in [0.25, 0.3) is 5.91 Å². The van der Waals surface area contributed by atoms with Crippen LogP contribution < -0.4 is 14.8 Å². The van der Waals surface area contributed by atoms with E-state index in [-0.39, 0.29) is 18.6 Å². The van der Waals surface area contributed by atoms with Crippen molar-refractivity contribution in [2.45, 2.75) is 38.6 Å². The quantitative estimate of drug-likeness (QED) is 0.809. The molecule has 0 spiro atoms. The number of carbonyl (C=O) groups excluding carboxylic acids is 2. The number of carbonyl (C=O) groups is 2. The summed E-state index contributed by atoms with van der Waals surface area (Å²) in [5.41, 5.74) is 0.312. The molecule has 0 saturated heterocycles. The van der Waals surface area contributed by atoms with Crippen molar-refractivity contribution in [2.24, 2.45) is 5.92 Å². The fourth-order valence-corrected chi connectivity index (χ4v) is 2.96. The molecule has 0 radical (unpaired) electrons. The Kier molecular flexibility index (Phi) is 6.46. The van der Waals surface area contributed by atoms with Crippen LogP contribution >= 0.6 is 0 Å². The van der Waals surface area contributed by atoms with Crippen molar-refractivity contribution in [1.82, 2.24) is 5.32 Å². The van der Waals surface area contributed by atoms with E-state index in [9.17, 15) is 9.59 Å². The molecular weight excluding hydrogens is 310 g/mol. The lowest BCUT2D eigenvalue weighted by Gasteiger charge is -2.29. The summed E-state index contributed by atoms with van der Waals surface area (Å²) in [6, 6.07) is 4.90. The summed E-state index contributed by atoms with van der Waals surface area (Å²) in [6.07, 6.45) is 4.44. The Morgan fingerprint density at radius 2 is 1.83 bits per heavy atom. The summed E-state index contributed by atoms with van der Waals surface area (Å²) in [6.45, 7) is 1.86. The number of nitrogens with one attached hydrogen (secondary N) is 1. The van der Waals surface area contributed by atoms with Crippen molar-refractivity contribution in [2.75, 3.05) is 20.8 Å². The molecule has 2 rings (SSSR count). The van der Waals surface area contributed by atoms with E-state index in [4.69, 9.17) is 14.2 Å². The smallest absolute Gasteiger partial charge is 0.338 e. The maximum atomic E-state index is 12.1. The van der Waals surface area contributed by atoms with E-state index < -0.39 is 5.97 Å². The van der Waals surface area contributed by atoms with Crippen molar-refractivity contribution in [3.05, 3.63) is 23.8 Å². The minimum Gasteiger partial charge on any atom is -0.493 e. The lowest BCUT2D eigenvalue weighted by atomic mass is 9.86. The van der Waals surface area contributed by atoms with Crippen molar-refractivity contribution in [1.29, 1.82) is 0 Å². The van der Waals surface area contributed by atoms with Crippen LogP contribution in [0, 0.1) is 5.92 Å². The van der Waals surface area contributed by atoms with E-state index in [1.807, 2.05) is 0 Å². The number of ether oxygens (including phenoxy) is 3. The van der Waals surface area contributed by atoms with Crippen LogP contribution in [0.1, 0.15) is 43.0 Å². The highest BCUT2D eigenvalue weighted by Gasteiger charge is 2.23. The Morgan fingerprint density at radius 3 is 2.50 bits per heavy atom. The van der Waals surface area contributed by atoms with Gasteiger partial charge in [-0.25, -0.2) is 4.79 Å². The van der Waals surface area contributed by atoms with Gasteiger partial charge in [-0.05, 0) is 37.0 Å². The highest BCUT2D eigenvalue weighted by Crippen LogP contribution is 2.27. The molecule has 1 fully saturated rings. The normalized spacial score (nSPS) is 20.1. The average Bonchev–Trinajstić information content (AvgIpc) is 2.61. The van der Waals surface area contributed by atoms with E-state index in [1.165, 1.54) is 26.7 Å². The largest absolute Gasteiger partial charge is 0.493 e. The van der Waals surface area contributed by atoms with Crippen LogP contribution in [0.4, 0.5) is 0 Å². The molecule has 1 aromatic carbocycles. The number of benzene rings is 1. The molecule has 6 heteroatoms. The van der Waals surface area contributed by atoms with Gasteiger partial charge in [0.05, 0.1) is 19.8 Å². The maximum Gasteiger partial charge on any atom is 0.338 e. The SMILES string of the molecule is COc1ccc(C(=O)OCC(=O)N[C@H]2CCCC[C@@H]2C)cc1OC. The van der Waals surface area contributed by atoms with Crippen LogP contribution in [0.15, 0.2) is 18.2 Å². The van der Waals surface area contributed by atoms with Crippen molar-refractivity contribution in [3.8, 4) is 11.5 Å². The third kappa shape index (κ3) is 4.63. The Hall–Kier alpha value is -2.24. The second-order valence-corrected chi connectivity index (χ2v) is 6.08. The van der Waals surface area contributed by atoms with E-state index >= 15 is 0 Å². The molecule has 0 bridgehead atoms. The Bertz CT molecular complexity index is 587.